The molecule has 0 fully saturated rings. The van der Waals surface area contributed by atoms with Crippen molar-refractivity contribution in [3.05, 3.63) is 54.1 Å². The average molecular weight is 327 g/mol. The first-order valence-electron chi connectivity index (χ1n) is 7.48. The molecule has 2 aromatic rings. The zero-order chi connectivity index (χ0) is 17.4. The van der Waals surface area contributed by atoms with Gasteiger partial charge in [0.25, 0.3) is 0 Å². The number of hydrogen-bond donors (Lipinski definition) is 2. The van der Waals surface area contributed by atoms with Gasteiger partial charge in [0.1, 0.15) is 0 Å². The third kappa shape index (κ3) is 5.01. The maximum atomic E-state index is 11.8. The van der Waals surface area contributed by atoms with Crippen LogP contribution in [-0.4, -0.2) is 26.0 Å². The molecule has 0 aliphatic heterocycles. The highest BCUT2D eigenvalue weighted by Crippen LogP contribution is 2.27. The van der Waals surface area contributed by atoms with Crippen LogP contribution in [0.5, 0.6) is 11.5 Å². The lowest BCUT2D eigenvalue weighted by molar-refractivity contribution is 0.252. The molecule has 0 aliphatic rings. The van der Waals surface area contributed by atoms with Crippen molar-refractivity contribution >= 4 is 17.4 Å². The lowest BCUT2D eigenvalue weighted by Crippen LogP contribution is -2.25. The Morgan fingerprint density at radius 3 is 2.42 bits per heavy atom. The molecule has 0 saturated heterocycles. The molecular weight excluding hydrogens is 306 g/mol. The van der Waals surface area contributed by atoms with Gasteiger partial charge in [-0.1, -0.05) is 24.3 Å². The van der Waals surface area contributed by atoms with Gasteiger partial charge < -0.3 is 14.8 Å². The lowest BCUT2D eigenvalue weighted by Gasteiger charge is -2.09. The standard InChI is InChI=1S/C18H21N3O3/c1-13(11-14-9-10-16(23-2)17(12-14)24-3)20-21-18(22)19-15-7-5-4-6-8-15/h4-10,12H,11H2,1-3H3,(H2,19,21,22)/b20-13-. The Morgan fingerprint density at radius 1 is 1.04 bits per heavy atom. The van der Waals surface area contributed by atoms with Crippen molar-refractivity contribution in [1.82, 2.24) is 5.43 Å². The fourth-order valence-corrected chi connectivity index (χ4v) is 2.15. The Hall–Kier alpha value is -3.02. The second-order valence-electron chi connectivity index (χ2n) is 5.15. The topological polar surface area (TPSA) is 72.0 Å². The summed E-state index contributed by atoms with van der Waals surface area (Å²) in [4.78, 5) is 11.8. The van der Waals surface area contributed by atoms with E-state index in [1.807, 2.05) is 43.3 Å². The molecule has 0 unspecified atom stereocenters. The van der Waals surface area contributed by atoms with Gasteiger partial charge in [-0.25, -0.2) is 10.2 Å². The number of nitrogens with zero attached hydrogens (tertiary/aromatic N) is 1. The molecule has 2 amide bonds. The number of nitrogens with one attached hydrogen (secondary N) is 2. The van der Waals surface area contributed by atoms with Crippen LogP contribution in [0, 0.1) is 0 Å². The number of methoxy groups -OCH3 is 2. The smallest absolute Gasteiger partial charge is 0.339 e. The molecule has 0 atom stereocenters. The highest BCUT2D eigenvalue weighted by molar-refractivity contribution is 5.91. The maximum absolute atomic E-state index is 11.8. The van der Waals surface area contributed by atoms with Gasteiger partial charge in [-0.05, 0) is 36.8 Å². The molecule has 2 N–H and O–H groups in total. The van der Waals surface area contributed by atoms with Crippen molar-refractivity contribution in [2.24, 2.45) is 5.10 Å². The van der Waals surface area contributed by atoms with Crippen LogP contribution in [0.15, 0.2) is 53.6 Å². The third-order valence-corrected chi connectivity index (χ3v) is 3.29. The monoisotopic (exact) mass is 327 g/mol. The molecule has 6 nitrogen and oxygen atoms in total. The SMILES string of the molecule is COc1ccc(C/C(C)=N\NC(=O)Nc2ccccc2)cc1OC. The number of benzene rings is 2. The van der Waals surface area contributed by atoms with Crippen LogP contribution >= 0.6 is 0 Å². The van der Waals surface area contributed by atoms with Crippen LogP contribution in [0.2, 0.25) is 0 Å². The summed E-state index contributed by atoms with van der Waals surface area (Å²) in [7, 11) is 3.19. The van der Waals surface area contributed by atoms with Crippen molar-refractivity contribution in [2.45, 2.75) is 13.3 Å². The molecule has 126 valence electrons. The molecule has 2 rings (SSSR count). The third-order valence-electron chi connectivity index (χ3n) is 3.29. The second kappa shape index (κ2) is 8.57. The number of rotatable bonds is 6. The summed E-state index contributed by atoms with van der Waals surface area (Å²) in [6, 6.07) is 14.5. The molecule has 6 heteroatoms. The van der Waals surface area contributed by atoms with Gasteiger partial charge in [0.15, 0.2) is 11.5 Å². The fourth-order valence-electron chi connectivity index (χ4n) is 2.15. The van der Waals surface area contributed by atoms with Crippen LogP contribution in [0.4, 0.5) is 10.5 Å². The van der Waals surface area contributed by atoms with Crippen molar-refractivity contribution in [2.75, 3.05) is 19.5 Å². The summed E-state index contributed by atoms with van der Waals surface area (Å²) in [6.07, 6.45) is 0.589. The summed E-state index contributed by atoms with van der Waals surface area (Å²) >= 11 is 0. The Labute approximate surface area is 141 Å². The van der Waals surface area contributed by atoms with Crippen molar-refractivity contribution in [3.8, 4) is 11.5 Å². The predicted molar refractivity (Wildman–Crippen MR) is 95.0 cm³/mol. The molecule has 0 bridgehead atoms. The van der Waals surface area contributed by atoms with Crippen molar-refractivity contribution in [1.29, 1.82) is 0 Å². The Balaban J connectivity index is 1.93. The van der Waals surface area contributed by atoms with Gasteiger partial charge >= 0.3 is 6.03 Å². The molecule has 0 radical (unpaired) electrons. The van der Waals surface area contributed by atoms with E-state index in [4.69, 9.17) is 9.47 Å². The van der Waals surface area contributed by atoms with E-state index in [9.17, 15) is 4.79 Å². The van der Waals surface area contributed by atoms with Crippen molar-refractivity contribution < 1.29 is 14.3 Å². The van der Waals surface area contributed by atoms with Gasteiger partial charge in [0, 0.05) is 17.8 Å². The molecule has 2 aromatic carbocycles. The van der Waals surface area contributed by atoms with Crippen LogP contribution in [-0.2, 0) is 6.42 Å². The normalized spacial score (nSPS) is 10.9. The van der Waals surface area contributed by atoms with E-state index in [1.54, 1.807) is 26.4 Å². The number of amides is 2. The minimum Gasteiger partial charge on any atom is -0.493 e. The van der Waals surface area contributed by atoms with E-state index in [-0.39, 0.29) is 6.03 Å². The molecule has 0 heterocycles. The van der Waals surface area contributed by atoms with Crippen LogP contribution in [0.25, 0.3) is 0 Å². The minimum atomic E-state index is -0.382. The molecule has 0 spiro atoms. The number of hydrogen-bond acceptors (Lipinski definition) is 4. The molecule has 0 aliphatic carbocycles. The fraction of sp³-hybridized carbons (Fsp3) is 0.222. The number of anilines is 1. The Morgan fingerprint density at radius 2 is 1.75 bits per heavy atom. The van der Waals surface area contributed by atoms with Gasteiger partial charge in [0.05, 0.1) is 14.2 Å². The first kappa shape index (κ1) is 17.3. The molecular formula is C18H21N3O3. The Bertz CT molecular complexity index is 715. The predicted octanol–water partition coefficient (Wildman–Crippen LogP) is 3.44. The summed E-state index contributed by atoms with van der Waals surface area (Å²) in [5, 5.41) is 6.80. The number of carbonyl (C=O) groups excluding carboxylic acids is 1. The number of para-hydroxylation sites is 1. The van der Waals surface area contributed by atoms with E-state index in [0.29, 0.717) is 23.6 Å². The largest absolute Gasteiger partial charge is 0.493 e. The maximum Gasteiger partial charge on any atom is 0.339 e. The molecule has 24 heavy (non-hydrogen) atoms. The Kier molecular flexibility index (Phi) is 6.19. The molecule has 0 saturated carbocycles. The summed E-state index contributed by atoms with van der Waals surface area (Å²) in [5.74, 6) is 1.34. The minimum absolute atomic E-state index is 0.382. The van der Waals surface area contributed by atoms with Gasteiger partial charge in [0.2, 0.25) is 0 Å². The van der Waals surface area contributed by atoms with Crippen molar-refractivity contribution in [3.63, 3.8) is 0 Å². The highest BCUT2D eigenvalue weighted by atomic mass is 16.5. The zero-order valence-electron chi connectivity index (χ0n) is 14.0. The molecule has 0 aromatic heterocycles. The lowest BCUT2D eigenvalue weighted by atomic mass is 10.1. The quantitative estimate of drug-likeness (QED) is 0.630. The van der Waals surface area contributed by atoms with E-state index in [2.05, 4.69) is 15.8 Å². The highest BCUT2D eigenvalue weighted by Gasteiger charge is 2.06. The summed E-state index contributed by atoms with van der Waals surface area (Å²) in [5.41, 5.74) is 4.98. The first-order valence-corrected chi connectivity index (χ1v) is 7.48. The number of carbonyl (C=O) groups is 1. The van der Waals surface area contributed by atoms with E-state index >= 15 is 0 Å². The number of ether oxygens (including phenoxy) is 2. The summed E-state index contributed by atoms with van der Waals surface area (Å²) < 4.78 is 10.5. The number of hydrazone groups is 1. The van der Waals surface area contributed by atoms with Gasteiger partial charge in [-0.2, -0.15) is 5.10 Å². The van der Waals surface area contributed by atoms with Gasteiger partial charge in [-0.3, -0.25) is 0 Å². The van der Waals surface area contributed by atoms with E-state index in [1.165, 1.54) is 0 Å². The summed E-state index contributed by atoms with van der Waals surface area (Å²) in [6.45, 7) is 1.85. The van der Waals surface area contributed by atoms with Gasteiger partial charge in [-0.15, -0.1) is 0 Å². The van der Waals surface area contributed by atoms with Crippen LogP contribution in [0.3, 0.4) is 0 Å². The number of urea groups is 1. The van der Waals surface area contributed by atoms with E-state index in [0.717, 1.165) is 11.3 Å². The van der Waals surface area contributed by atoms with E-state index < -0.39 is 0 Å². The average Bonchev–Trinajstić information content (AvgIpc) is 2.60. The zero-order valence-corrected chi connectivity index (χ0v) is 14.0. The first-order chi connectivity index (χ1) is 11.6. The van der Waals surface area contributed by atoms with Crippen LogP contribution < -0.4 is 20.2 Å². The second-order valence-corrected chi connectivity index (χ2v) is 5.15. The van der Waals surface area contributed by atoms with Crippen LogP contribution in [0.1, 0.15) is 12.5 Å².